The third-order valence-corrected chi connectivity index (χ3v) is 7.63. The fourth-order valence-corrected chi connectivity index (χ4v) is 5.32. The van der Waals surface area contributed by atoms with Crippen molar-refractivity contribution in [3.05, 3.63) is 70.0 Å². The van der Waals surface area contributed by atoms with E-state index in [-0.39, 0.29) is 38.9 Å². The van der Waals surface area contributed by atoms with Gasteiger partial charge in [0.05, 0.1) is 37.8 Å². The second kappa shape index (κ2) is 12.8. The Balaban J connectivity index is 1.73. The number of pyridine rings is 1. The van der Waals surface area contributed by atoms with Crippen LogP contribution >= 0.6 is 11.8 Å². The smallest absolute Gasteiger partial charge is 0.273 e. The number of carbonyl (C=O) groups excluding carboxylic acids is 1. The molecule has 0 radical (unpaired) electrons. The van der Waals surface area contributed by atoms with Crippen LogP contribution in [0.25, 0.3) is 16.8 Å². The summed E-state index contributed by atoms with van der Waals surface area (Å²) in [5, 5.41) is 25.2. The van der Waals surface area contributed by atoms with Gasteiger partial charge in [-0.25, -0.2) is 9.67 Å². The molecular formula is C29H27N7O5S. The normalized spacial score (nSPS) is 11.2. The van der Waals surface area contributed by atoms with Crippen molar-refractivity contribution < 1.29 is 19.0 Å². The number of para-hydroxylation sites is 1. The summed E-state index contributed by atoms with van der Waals surface area (Å²) in [5.41, 5.74) is 7.12. The number of thioether (sulfide) groups is 1. The minimum Gasteiger partial charge on any atom is -0.493 e. The van der Waals surface area contributed by atoms with Gasteiger partial charge in [-0.2, -0.15) is 10.5 Å². The summed E-state index contributed by atoms with van der Waals surface area (Å²) in [4.78, 5) is 30.1. The van der Waals surface area contributed by atoms with Crippen LogP contribution in [0.5, 0.6) is 17.2 Å². The molecule has 2 aromatic heterocycles. The van der Waals surface area contributed by atoms with Gasteiger partial charge >= 0.3 is 0 Å². The van der Waals surface area contributed by atoms with Gasteiger partial charge in [0.15, 0.2) is 11.5 Å². The van der Waals surface area contributed by atoms with Crippen molar-refractivity contribution in [2.24, 2.45) is 0 Å². The summed E-state index contributed by atoms with van der Waals surface area (Å²) < 4.78 is 17.6. The van der Waals surface area contributed by atoms with Gasteiger partial charge in [-0.3, -0.25) is 14.7 Å². The Labute approximate surface area is 245 Å². The Morgan fingerprint density at radius 1 is 1.07 bits per heavy atom. The van der Waals surface area contributed by atoms with E-state index in [1.807, 2.05) is 12.1 Å². The van der Waals surface area contributed by atoms with Crippen LogP contribution in [0, 0.1) is 22.7 Å². The van der Waals surface area contributed by atoms with E-state index in [4.69, 9.17) is 19.9 Å². The molecule has 0 saturated carbocycles. The van der Waals surface area contributed by atoms with Crippen LogP contribution in [0.15, 0.2) is 58.4 Å². The molecule has 0 bridgehead atoms. The SMILES string of the molecule is CCC(Sc1nc(N)c(C#N)c(-c2cc(OC)c(OC)c(OC)c2)c1C#N)C(=O)Nc1cc(=O)n(-c2ccccc2)[nH]1. The number of rotatable bonds is 10. The van der Waals surface area contributed by atoms with Gasteiger partial charge in [0.1, 0.15) is 34.4 Å². The summed E-state index contributed by atoms with van der Waals surface area (Å²) in [6.07, 6.45) is 0.353. The molecule has 1 unspecified atom stereocenters. The average molecular weight is 586 g/mol. The number of nitrogens with two attached hydrogens (primary N) is 1. The third kappa shape index (κ3) is 5.73. The predicted octanol–water partition coefficient (Wildman–Crippen LogP) is 4.09. The standard InChI is InChI=1S/C29H27N7O5S/c1-5-22(28(38)33-23-13-24(37)36(35-23)17-9-7-6-8-10-17)42-29-19(15-31)25(18(14-30)27(32)34-29)16-11-20(39-2)26(41-4)21(12-16)40-3/h6-13,22,35H,5H2,1-4H3,(H2,32,34)(H,33,38). The Morgan fingerprint density at radius 3 is 2.26 bits per heavy atom. The molecular weight excluding hydrogens is 558 g/mol. The number of anilines is 2. The van der Waals surface area contributed by atoms with Gasteiger partial charge in [-0.15, -0.1) is 0 Å². The second-order valence-electron chi connectivity index (χ2n) is 8.75. The first-order valence-electron chi connectivity index (χ1n) is 12.6. The first kappa shape index (κ1) is 29.6. The van der Waals surface area contributed by atoms with Gasteiger partial charge in [0, 0.05) is 11.6 Å². The number of nitrogens with zero attached hydrogens (tertiary/aromatic N) is 4. The fourth-order valence-electron chi connectivity index (χ4n) is 4.30. The first-order valence-corrected chi connectivity index (χ1v) is 13.5. The highest BCUT2D eigenvalue weighted by atomic mass is 32.2. The first-order chi connectivity index (χ1) is 20.3. The molecule has 214 valence electrons. The van der Waals surface area contributed by atoms with Crippen molar-refractivity contribution in [3.63, 3.8) is 0 Å². The molecule has 1 atom stereocenters. The molecule has 0 fully saturated rings. The van der Waals surface area contributed by atoms with Crippen LogP contribution < -0.4 is 30.8 Å². The Morgan fingerprint density at radius 2 is 1.71 bits per heavy atom. The second-order valence-corrected chi connectivity index (χ2v) is 9.94. The highest BCUT2D eigenvalue weighted by Crippen LogP contribution is 2.44. The summed E-state index contributed by atoms with van der Waals surface area (Å²) in [5.74, 6) is 0.630. The number of aromatic amines is 1. The molecule has 12 nitrogen and oxygen atoms in total. The molecule has 0 saturated heterocycles. The number of amides is 1. The highest BCUT2D eigenvalue weighted by Gasteiger charge is 2.27. The van der Waals surface area contributed by atoms with E-state index >= 15 is 0 Å². The van der Waals surface area contributed by atoms with Gasteiger partial charge in [-0.1, -0.05) is 36.9 Å². The summed E-state index contributed by atoms with van der Waals surface area (Å²) in [6, 6.07) is 17.6. The van der Waals surface area contributed by atoms with Crippen molar-refractivity contribution in [2.75, 3.05) is 32.4 Å². The Hall–Kier alpha value is -5.40. The van der Waals surface area contributed by atoms with Crippen molar-refractivity contribution in [2.45, 2.75) is 23.6 Å². The summed E-state index contributed by atoms with van der Waals surface area (Å²) in [7, 11) is 4.36. The summed E-state index contributed by atoms with van der Waals surface area (Å²) in [6.45, 7) is 1.80. The van der Waals surface area contributed by atoms with E-state index in [1.165, 1.54) is 32.1 Å². The van der Waals surface area contributed by atoms with Crippen LogP contribution in [0.4, 0.5) is 11.6 Å². The third-order valence-electron chi connectivity index (χ3n) is 6.28. The lowest BCUT2D eigenvalue weighted by molar-refractivity contribution is -0.115. The maximum atomic E-state index is 13.3. The molecule has 0 aliphatic carbocycles. The maximum absolute atomic E-state index is 13.3. The summed E-state index contributed by atoms with van der Waals surface area (Å²) >= 11 is 1.02. The number of hydrogen-bond acceptors (Lipinski definition) is 10. The zero-order valence-corrected chi connectivity index (χ0v) is 24.0. The number of nitriles is 2. The highest BCUT2D eigenvalue weighted by molar-refractivity contribution is 8.00. The lowest BCUT2D eigenvalue weighted by Gasteiger charge is -2.19. The molecule has 2 aromatic carbocycles. The molecule has 4 N–H and O–H groups in total. The quantitative estimate of drug-likeness (QED) is 0.229. The van der Waals surface area contributed by atoms with Crippen molar-refractivity contribution >= 4 is 29.3 Å². The Kier molecular flexibility index (Phi) is 9.05. The van der Waals surface area contributed by atoms with E-state index in [0.717, 1.165) is 11.8 Å². The number of nitrogen functional groups attached to an aromatic ring is 1. The fraction of sp³-hybridized carbons (Fsp3) is 0.207. The minimum atomic E-state index is -0.728. The zero-order valence-electron chi connectivity index (χ0n) is 23.2. The van der Waals surface area contributed by atoms with Crippen LogP contribution in [-0.2, 0) is 4.79 Å². The van der Waals surface area contributed by atoms with Crippen molar-refractivity contribution in [1.29, 1.82) is 10.5 Å². The lowest BCUT2D eigenvalue weighted by atomic mass is 9.96. The molecule has 0 spiro atoms. The molecule has 1 amide bonds. The van der Waals surface area contributed by atoms with Crippen molar-refractivity contribution in [3.8, 4) is 46.2 Å². The Bertz CT molecular complexity index is 1750. The van der Waals surface area contributed by atoms with E-state index in [2.05, 4.69) is 21.5 Å². The largest absolute Gasteiger partial charge is 0.493 e. The van der Waals surface area contributed by atoms with Gasteiger partial charge < -0.3 is 25.3 Å². The molecule has 2 heterocycles. The van der Waals surface area contributed by atoms with E-state index in [9.17, 15) is 20.1 Å². The van der Waals surface area contributed by atoms with Gasteiger partial charge in [0.2, 0.25) is 11.7 Å². The monoisotopic (exact) mass is 585 g/mol. The predicted molar refractivity (Wildman–Crippen MR) is 158 cm³/mol. The van der Waals surface area contributed by atoms with E-state index in [1.54, 1.807) is 43.3 Å². The minimum absolute atomic E-state index is 0.0116. The number of methoxy groups -OCH3 is 3. The number of nitrogens with one attached hydrogen (secondary N) is 2. The zero-order chi connectivity index (χ0) is 30.4. The lowest BCUT2D eigenvalue weighted by Crippen LogP contribution is -2.25. The average Bonchev–Trinajstić information content (AvgIpc) is 3.38. The van der Waals surface area contributed by atoms with E-state index < -0.39 is 11.2 Å². The number of ether oxygens (including phenoxy) is 3. The van der Waals surface area contributed by atoms with Gasteiger partial charge in [0.25, 0.3) is 5.56 Å². The number of carbonyl (C=O) groups is 1. The number of aromatic nitrogens is 3. The van der Waals surface area contributed by atoms with E-state index in [0.29, 0.717) is 34.9 Å². The van der Waals surface area contributed by atoms with Crippen LogP contribution in [-0.4, -0.2) is 47.3 Å². The molecule has 0 aliphatic rings. The van der Waals surface area contributed by atoms with Crippen LogP contribution in [0.2, 0.25) is 0 Å². The number of hydrogen-bond donors (Lipinski definition) is 3. The topological polar surface area (TPSA) is 181 Å². The van der Waals surface area contributed by atoms with Crippen LogP contribution in [0.3, 0.4) is 0 Å². The van der Waals surface area contributed by atoms with Crippen LogP contribution in [0.1, 0.15) is 24.5 Å². The molecule has 4 rings (SSSR count). The molecule has 13 heteroatoms. The molecule has 4 aromatic rings. The molecule has 42 heavy (non-hydrogen) atoms. The number of H-pyrrole nitrogens is 1. The number of benzene rings is 2. The van der Waals surface area contributed by atoms with Gasteiger partial charge in [-0.05, 0) is 36.2 Å². The maximum Gasteiger partial charge on any atom is 0.273 e. The molecule has 0 aliphatic heterocycles. The van der Waals surface area contributed by atoms with Crippen molar-refractivity contribution in [1.82, 2.24) is 14.8 Å².